The minimum Gasteiger partial charge on any atom is -0.428 e. The molecule has 0 amide bonds. The van der Waals surface area contributed by atoms with Crippen molar-refractivity contribution in [2.24, 2.45) is 0 Å². The molecule has 0 bridgehead atoms. The zero-order valence-electron chi connectivity index (χ0n) is 4.70. The van der Waals surface area contributed by atoms with Gasteiger partial charge in [-0.25, -0.2) is 4.79 Å². The highest BCUT2D eigenvalue weighted by Gasteiger charge is 2.20. The summed E-state index contributed by atoms with van der Waals surface area (Å²) in [5.74, 6) is -0.516. The second-order valence-electron chi connectivity index (χ2n) is 1.64. The van der Waals surface area contributed by atoms with Crippen molar-refractivity contribution >= 4 is 5.97 Å². The molecule has 3 heteroatoms. The summed E-state index contributed by atoms with van der Waals surface area (Å²) >= 11 is 0. The Morgan fingerprint density at radius 2 is 2.56 bits per heavy atom. The van der Waals surface area contributed by atoms with Gasteiger partial charge in [0.05, 0.1) is 0 Å². The number of cyclic esters (lactones) is 1. The predicted octanol–water partition coefficient (Wildman–Crippen LogP) is -0.0260. The molecule has 48 valence electrons. The van der Waals surface area contributed by atoms with Crippen LogP contribution in [0.3, 0.4) is 0 Å². The van der Waals surface area contributed by atoms with Gasteiger partial charge in [-0.1, -0.05) is 12.7 Å². The zero-order chi connectivity index (χ0) is 6.85. The second kappa shape index (κ2) is 2.03. The first kappa shape index (κ1) is 6.04. The van der Waals surface area contributed by atoms with Crippen molar-refractivity contribution < 1.29 is 14.6 Å². The molecule has 1 rings (SSSR count). The Balaban J connectivity index is 2.80. The first-order valence-electron chi connectivity index (χ1n) is 2.47. The van der Waals surface area contributed by atoms with Crippen LogP contribution in [0.5, 0.6) is 0 Å². The number of ether oxygens (including phenoxy) is 1. The summed E-state index contributed by atoms with van der Waals surface area (Å²) in [6.07, 6.45) is 1.49. The van der Waals surface area contributed by atoms with Crippen LogP contribution in [0.1, 0.15) is 0 Å². The molecule has 0 saturated carbocycles. The van der Waals surface area contributed by atoms with Gasteiger partial charge in [0, 0.05) is 11.6 Å². The fraction of sp³-hybridized carbons (Fsp3) is 0.167. The molecule has 1 atom stereocenters. The fourth-order valence-electron chi connectivity index (χ4n) is 0.579. The number of aliphatic hydroxyl groups is 1. The van der Waals surface area contributed by atoms with Crippen molar-refractivity contribution in [2.75, 3.05) is 0 Å². The van der Waals surface area contributed by atoms with E-state index in [1.807, 2.05) is 0 Å². The first-order chi connectivity index (χ1) is 4.24. The maximum atomic E-state index is 10.3. The lowest BCUT2D eigenvalue weighted by Gasteiger charge is -2.00. The van der Waals surface area contributed by atoms with Crippen LogP contribution in [0.15, 0.2) is 24.3 Å². The second-order valence-corrected chi connectivity index (χ2v) is 1.64. The van der Waals surface area contributed by atoms with Crippen LogP contribution in [0.25, 0.3) is 0 Å². The number of carbonyl (C=O) groups excluding carboxylic acids is 1. The molecule has 0 saturated heterocycles. The average Bonchev–Trinajstić information content (AvgIpc) is 2.10. The molecule has 1 unspecified atom stereocenters. The maximum Gasteiger partial charge on any atom is 0.333 e. The highest BCUT2D eigenvalue weighted by atomic mass is 16.6. The van der Waals surface area contributed by atoms with Gasteiger partial charge in [-0.2, -0.15) is 0 Å². The molecule has 1 aliphatic heterocycles. The van der Waals surface area contributed by atoms with Crippen molar-refractivity contribution in [1.82, 2.24) is 0 Å². The van der Waals surface area contributed by atoms with E-state index in [4.69, 9.17) is 5.11 Å². The van der Waals surface area contributed by atoms with Crippen molar-refractivity contribution in [3.8, 4) is 0 Å². The maximum absolute atomic E-state index is 10.3. The number of esters is 1. The Morgan fingerprint density at radius 3 is 2.78 bits per heavy atom. The summed E-state index contributed by atoms with van der Waals surface area (Å²) in [5.41, 5.74) is 0.417. The number of aliphatic hydroxyl groups excluding tert-OH is 1. The number of hydrogen-bond acceptors (Lipinski definition) is 3. The molecule has 1 N–H and O–H groups in total. The van der Waals surface area contributed by atoms with Crippen LogP contribution in [-0.2, 0) is 9.53 Å². The Bertz CT molecular complexity index is 181. The number of hydrogen-bond donors (Lipinski definition) is 1. The van der Waals surface area contributed by atoms with E-state index in [2.05, 4.69) is 11.3 Å². The lowest BCUT2D eigenvalue weighted by Crippen LogP contribution is -2.08. The van der Waals surface area contributed by atoms with Gasteiger partial charge in [0.15, 0.2) is 0 Å². The van der Waals surface area contributed by atoms with Crippen LogP contribution in [-0.4, -0.2) is 17.4 Å². The quantitative estimate of drug-likeness (QED) is 0.502. The highest BCUT2D eigenvalue weighted by molar-refractivity contribution is 5.86. The van der Waals surface area contributed by atoms with Crippen LogP contribution in [0.2, 0.25) is 0 Å². The largest absolute Gasteiger partial charge is 0.428 e. The van der Waals surface area contributed by atoms with E-state index in [0.717, 1.165) is 0 Å². The molecule has 3 nitrogen and oxygen atoms in total. The van der Waals surface area contributed by atoms with E-state index in [1.165, 1.54) is 12.2 Å². The molecular formula is C6H6O3. The molecule has 1 aliphatic rings. The Hall–Kier alpha value is -1.09. The Kier molecular flexibility index (Phi) is 1.36. The Morgan fingerprint density at radius 1 is 1.89 bits per heavy atom. The van der Waals surface area contributed by atoms with Crippen molar-refractivity contribution in [2.45, 2.75) is 6.29 Å². The van der Waals surface area contributed by atoms with Gasteiger partial charge in [-0.3, -0.25) is 0 Å². The van der Waals surface area contributed by atoms with Crippen LogP contribution < -0.4 is 0 Å². The molecule has 0 aromatic rings. The lowest BCUT2D eigenvalue weighted by atomic mass is 10.3. The van der Waals surface area contributed by atoms with Crippen LogP contribution >= 0.6 is 0 Å². The van der Waals surface area contributed by atoms with Crippen molar-refractivity contribution in [3.63, 3.8) is 0 Å². The van der Waals surface area contributed by atoms with E-state index in [0.29, 0.717) is 5.57 Å². The standard InChI is InChI=1S/C6H6O3/c1-2-4-3-5(7)9-6(4)8/h2-3,6,8H,1H2. The summed E-state index contributed by atoms with van der Waals surface area (Å²) in [4.78, 5) is 10.3. The number of carbonyl (C=O) groups is 1. The summed E-state index contributed by atoms with van der Waals surface area (Å²) in [5, 5.41) is 8.78. The van der Waals surface area contributed by atoms with Crippen LogP contribution in [0, 0.1) is 0 Å². The van der Waals surface area contributed by atoms with Gasteiger partial charge in [0.25, 0.3) is 0 Å². The average molecular weight is 126 g/mol. The smallest absolute Gasteiger partial charge is 0.333 e. The molecular weight excluding hydrogens is 120 g/mol. The lowest BCUT2D eigenvalue weighted by molar-refractivity contribution is -0.150. The summed E-state index contributed by atoms with van der Waals surface area (Å²) in [6, 6.07) is 0. The topological polar surface area (TPSA) is 46.5 Å². The third kappa shape index (κ3) is 1.000. The minimum atomic E-state index is -1.10. The van der Waals surface area contributed by atoms with Gasteiger partial charge in [0.1, 0.15) is 0 Å². The normalized spacial score (nSPS) is 25.2. The van der Waals surface area contributed by atoms with Gasteiger partial charge < -0.3 is 9.84 Å². The summed E-state index contributed by atoms with van der Waals surface area (Å²) in [7, 11) is 0. The van der Waals surface area contributed by atoms with E-state index in [1.54, 1.807) is 0 Å². The monoisotopic (exact) mass is 126 g/mol. The van der Waals surface area contributed by atoms with Gasteiger partial charge in [-0.15, -0.1) is 0 Å². The molecule has 0 aliphatic carbocycles. The van der Waals surface area contributed by atoms with E-state index >= 15 is 0 Å². The van der Waals surface area contributed by atoms with Crippen molar-refractivity contribution in [3.05, 3.63) is 24.3 Å². The summed E-state index contributed by atoms with van der Waals surface area (Å²) in [6.45, 7) is 3.37. The molecule has 0 aromatic heterocycles. The highest BCUT2D eigenvalue weighted by Crippen LogP contribution is 2.12. The van der Waals surface area contributed by atoms with Crippen LogP contribution in [0.4, 0.5) is 0 Å². The summed E-state index contributed by atoms with van der Waals surface area (Å²) < 4.78 is 4.32. The van der Waals surface area contributed by atoms with Crippen molar-refractivity contribution in [1.29, 1.82) is 0 Å². The Labute approximate surface area is 52.2 Å². The predicted molar refractivity (Wildman–Crippen MR) is 30.4 cm³/mol. The SMILES string of the molecule is C=CC1=CC(=O)OC1O. The third-order valence-electron chi connectivity index (χ3n) is 1.03. The van der Waals surface area contributed by atoms with Gasteiger partial charge in [-0.05, 0) is 0 Å². The molecule has 9 heavy (non-hydrogen) atoms. The van der Waals surface area contributed by atoms with E-state index in [9.17, 15) is 4.79 Å². The number of rotatable bonds is 1. The molecule has 0 spiro atoms. The van der Waals surface area contributed by atoms with Gasteiger partial charge >= 0.3 is 5.97 Å². The zero-order valence-corrected chi connectivity index (χ0v) is 4.70. The fourth-order valence-corrected chi connectivity index (χ4v) is 0.579. The van der Waals surface area contributed by atoms with Gasteiger partial charge in [0.2, 0.25) is 6.29 Å². The molecule has 1 heterocycles. The van der Waals surface area contributed by atoms with E-state index < -0.39 is 12.3 Å². The molecule has 0 aromatic carbocycles. The molecule has 0 radical (unpaired) electrons. The first-order valence-corrected chi connectivity index (χ1v) is 2.47. The minimum absolute atomic E-state index is 0.417. The van der Waals surface area contributed by atoms with E-state index in [-0.39, 0.29) is 0 Å². The molecule has 0 fully saturated rings. The third-order valence-corrected chi connectivity index (χ3v) is 1.03.